The van der Waals surface area contributed by atoms with Crippen molar-refractivity contribution >= 4 is 119 Å². The van der Waals surface area contributed by atoms with Crippen LogP contribution in [0.4, 0.5) is 34.1 Å². The van der Waals surface area contributed by atoms with Gasteiger partial charge >= 0.3 is 279 Å². The van der Waals surface area contributed by atoms with Crippen LogP contribution in [0.25, 0.3) is 38.1 Å². The van der Waals surface area contributed by atoms with E-state index in [0.29, 0.717) is 0 Å². The van der Waals surface area contributed by atoms with Crippen LogP contribution in [0.3, 0.4) is 0 Å². The second kappa shape index (κ2) is 8.66. The topological polar surface area (TPSA) is 10.9 Å². The van der Waals surface area contributed by atoms with Crippen LogP contribution < -0.4 is 35.1 Å². The zero-order valence-electron chi connectivity index (χ0n) is 25.2. The first-order chi connectivity index (χ1) is 23.4. The molecule has 0 bridgehead atoms. The molecule has 3 aliphatic heterocycles. The molecule has 7 aromatic carbocycles. The molecule has 0 radical (unpaired) electrons. The van der Waals surface area contributed by atoms with Gasteiger partial charge in [-0.25, -0.2) is 0 Å². The summed E-state index contributed by atoms with van der Waals surface area (Å²) in [6, 6.07) is 54.1. The van der Waals surface area contributed by atoms with Crippen LogP contribution in [0.1, 0.15) is 0 Å². The normalized spacial score (nSPS) is 14.2. The molecule has 0 N–H and O–H groups in total. The van der Waals surface area contributed by atoms with Crippen molar-refractivity contribution in [2.45, 2.75) is 0 Å². The molecule has 5 heteroatoms. The third-order valence-corrected chi connectivity index (χ3v) is 13.2. The van der Waals surface area contributed by atoms with Gasteiger partial charge in [0.1, 0.15) is 0 Å². The summed E-state index contributed by atoms with van der Waals surface area (Å²) in [6.07, 6.45) is 0. The summed E-state index contributed by atoms with van der Waals surface area (Å²) in [5, 5.41) is 5.50. The van der Waals surface area contributed by atoms with Crippen LogP contribution in [0.15, 0.2) is 146 Å². The first kappa shape index (κ1) is 24.7. The Morgan fingerprint density at radius 1 is 0.447 bits per heavy atom. The van der Waals surface area contributed by atoms with Crippen LogP contribution in [-0.4, -0.2) is 26.1 Å². The number of aromatic nitrogens is 1. The molecule has 2 aromatic heterocycles. The van der Waals surface area contributed by atoms with Crippen molar-refractivity contribution in [1.29, 1.82) is 0 Å². The molecule has 0 saturated carbocycles. The van der Waals surface area contributed by atoms with E-state index in [4.69, 9.17) is 0 Å². The Balaban J connectivity index is 1.35. The van der Waals surface area contributed by atoms with E-state index in [0.717, 1.165) is 0 Å². The molecule has 3 aliphatic rings. The Bertz CT molecular complexity index is 2790. The Morgan fingerprint density at radius 2 is 1.00 bits per heavy atom. The van der Waals surface area contributed by atoms with E-state index in [9.17, 15) is 0 Å². The van der Waals surface area contributed by atoms with Gasteiger partial charge in [0, 0.05) is 0 Å². The minimum absolute atomic E-state index is 0.114. The van der Waals surface area contributed by atoms with E-state index in [1.165, 1.54) is 93.1 Å². The van der Waals surface area contributed by atoms with Crippen molar-refractivity contribution in [1.82, 2.24) is 4.40 Å². The van der Waals surface area contributed by atoms with E-state index in [-0.39, 0.29) is 21.7 Å². The minimum atomic E-state index is 0.114. The Morgan fingerprint density at radius 3 is 1.70 bits per heavy atom. The maximum atomic E-state index is 2.60. The van der Waals surface area contributed by atoms with E-state index in [1.54, 1.807) is 4.46 Å². The van der Waals surface area contributed by atoms with E-state index in [2.05, 4.69) is 160 Å². The first-order valence-electron chi connectivity index (χ1n) is 16.3. The summed E-state index contributed by atoms with van der Waals surface area (Å²) in [6.45, 7) is 0.156. The second-order valence-electron chi connectivity index (χ2n) is 12.8. The maximum absolute atomic E-state index is 2.60. The van der Waals surface area contributed by atoms with Gasteiger partial charge in [-0.3, -0.25) is 0 Å². The van der Waals surface area contributed by atoms with Crippen LogP contribution in [-0.2, 0) is 0 Å². The quantitative estimate of drug-likeness (QED) is 0.187. The van der Waals surface area contributed by atoms with Crippen LogP contribution >= 0.6 is 0 Å². The summed E-state index contributed by atoms with van der Waals surface area (Å²) in [5.41, 5.74) is 16.0. The second-order valence-corrected chi connectivity index (χ2v) is 15.0. The van der Waals surface area contributed by atoms with E-state index < -0.39 is 0 Å². The summed E-state index contributed by atoms with van der Waals surface area (Å²) in [7, 11) is 0. The fraction of sp³-hybridized carbons (Fsp3) is 0. The molecule has 3 nitrogen and oxygen atoms in total. The molecule has 0 unspecified atom stereocenters. The number of benzene rings is 7. The van der Waals surface area contributed by atoms with Gasteiger partial charge in [0.2, 0.25) is 0 Å². The standard InChI is InChI=1S/C42H24BN3Se/c1-3-13-25(14-4-1)44-31-21-11-22-32-37(31)43-38-33(44)23-12-24-34(38)47-42-36-28-18-8-10-20-30(28)46-29-19-9-7-17-27(29)35(40(36)46)41(39(42)43)45(32)26-15-5-2-6-16-26/h1-24H. The Kier molecular flexibility index (Phi) is 4.55. The summed E-state index contributed by atoms with van der Waals surface area (Å²) in [4.78, 5) is 5.12. The van der Waals surface area contributed by atoms with Crippen molar-refractivity contribution in [3.05, 3.63) is 146 Å². The number of fused-ring (bicyclic) bond motifs is 8. The molecule has 0 aliphatic carbocycles. The molecule has 0 amide bonds. The van der Waals surface area contributed by atoms with Crippen LogP contribution in [0.2, 0.25) is 0 Å². The van der Waals surface area contributed by atoms with Gasteiger partial charge in [0.05, 0.1) is 0 Å². The predicted molar refractivity (Wildman–Crippen MR) is 200 cm³/mol. The van der Waals surface area contributed by atoms with Gasteiger partial charge in [-0.15, -0.1) is 0 Å². The van der Waals surface area contributed by atoms with Gasteiger partial charge in [-0.2, -0.15) is 0 Å². The zero-order valence-corrected chi connectivity index (χ0v) is 26.9. The average molecular weight is 660 g/mol. The van der Waals surface area contributed by atoms with Crippen molar-refractivity contribution in [3.63, 3.8) is 0 Å². The molecule has 0 spiro atoms. The average Bonchev–Trinajstić information content (AvgIpc) is 3.65. The molecule has 216 valence electrons. The van der Waals surface area contributed by atoms with E-state index in [1.807, 2.05) is 0 Å². The van der Waals surface area contributed by atoms with Crippen LogP contribution in [0.5, 0.6) is 0 Å². The Labute approximate surface area is 277 Å². The molecule has 0 atom stereocenters. The predicted octanol–water partition coefficient (Wildman–Crippen LogP) is 6.89. The van der Waals surface area contributed by atoms with Crippen molar-refractivity contribution in [3.8, 4) is 0 Å². The number of hydrogen-bond acceptors (Lipinski definition) is 2. The number of anilines is 6. The van der Waals surface area contributed by atoms with Gasteiger partial charge < -0.3 is 0 Å². The van der Waals surface area contributed by atoms with Gasteiger partial charge in [-0.05, 0) is 0 Å². The molecular formula is C42H24BN3Se. The third kappa shape index (κ3) is 2.88. The Hall–Kier alpha value is -5.48. The number of nitrogens with zero attached hydrogens (tertiary/aromatic N) is 3. The number of hydrogen-bond donors (Lipinski definition) is 0. The monoisotopic (exact) mass is 661 g/mol. The molecule has 47 heavy (non-hydrogen) atoms. The zero-order chi connectivity index (χ0) is 30.4. The van der Waals surface area contributed by atoms with Crippen molar-refractivity contribution in [2.24, 2.45) is 0 Å². The summed E-state index contributed by atoms with van der Waals surface area (Å²) < 4.78 is 5.59. The molecule has 0 saturated heterocycles. The molecule has 12 rings (SSSR count). The fourth-order valence-electron chi connectivity index (χ4n) is 9.01. The number of para-hydroxylation sites is 4. The molecule has 5 heterocycles. The van der Waals surface area contributed by atoms with Crippen LogP contribution in [0, 0.1) is 0 Å². The van der Waals surface area contributed by atoms with Crippen molar-refractivity contribution in [2.75, 3.05) is 9.80 Å². The number of rotatable bonds is 2. The van der Waals surface area contributed by atoms with Gasteiger partial charge in [0.15, 0.2) is 0 Å². The summed E-state index contributed by atoms with van der Waals surface area (Å²) >= 11 is 0.114. The molecule has 0 fully saturated rings. The van der Waals surface area contributed by atoms with E-state index >= 15 is 0 Å². The molecule has 9 aromatic rings. The first-order valence-corrected chi connectivity index (χ1v) is 18.0. The fourth-order valence-corrected chi connectivity index (χ4v) is 11.8. The third-order valence-electron chi connectivity index (χ3n) is 10.6. The van der Waals surface area contributed by atoms with Gasteiger partial charge in [-0.1, -0.05) is 0 Å². The summed E-state index contributed by atoms with van der Waals surface area (Å²) in [5.74, 6) is 0. The van der Waals surface area contributed by atoms with Gasteiger partial charge in [0.25, 0.3) is 0 Å². The van der Waals surface area contributed by atoms with Crippen molar-refractivity contribution < 1.29 is 0 Å². The molecular weight excluding hydrogens is 636 g/mol. The SMILES string of the molecule is c1ccc(N2c3cccc4c3B3c5c2cccc5N(c2ccccc2)c2c3c(c3c5ccccc5n5c6ccccc6c2c35)[Se]4)cc1.